The van der Waals surface area contributed by atoms with Crippen molar-refractivity contribution in [2.75, 3.05) is 0 Å². The largest absolute Gasteiger partial charge is 0.326 e. The van der Waals surface area contributed by atoms with E-state index in [2.05, 4.69) is 5.10 Å². The maximum absolute atomic E-state index is 5.79. The van der Waals surface area contributed by atoms with Crippen LogP contribution in [0.2, 0.25) is 5.02 Å². The summed E-state index contributed by atoms with van der Waals surface area (Å²) in [4.78, 5) is 0. The molecule has 3 nitrogen and oxygen atoms in total. The lowest BCUT2D eigenvalue weighted by Gasteiger charge is -2.03. The van der Waals surface area contributed by atoms with Crippen LogP contribution in [0.1, 0.15) is 12.6 Å². The van der Waals surface area contributed by atoms with Crippen LogP contribution in [0.3, 0.4) is 0 Å². The van der Waals surface area contributed by atoms with Crippen molar-refractivity contribution in [2.24, 2.45) is 5.73 Å². The van der Waals surface area contributed by atoms with E-state index in [-0.39, 0.29) is 6.04 Å². The molecule has 4 heteroatoms. The third-order valence-electron chi connectivity index (χ3n) is 1.36. The van der Waals surface area contributed by atoms with Crippen molar-refractivity contribution < 1.29 is 0 Å². The summed E-state index contributed by atoms with van der Waals surface area (Å²) in [7, 11) is 0. The maximum atomic E-state index is 5.79. The molecule has 0 fully saturated rings. The summed E-state index contributed by atoms with van der Waals surface area (Å²) in [5.41, 5.74) is 6.43. The number of aromatic nitrogens is 2. The summed E-state index contributed by atoms with van der Waals surface area (Å²) in [6, 6.07) is 0.116. The first-order chi connectivity index (χ1) is 5.09. The molecule has 0 radical (unpaired) electrons. The number of hydrogen-bond donors (Lipinski definition) is 1. The van der Waals surface area contributed by atoms with Gasteiger partial charge < -0.3 is 5.73 Å². The van der Waals surface area contributed by atoms with Crippen LogP contribution in [0.25, 0.3) is 0 Å². The molecule has 0 bridgehead atoms. The summed E-state index contributed by atoms with van der Waals surface area (Å²) < 4.78 is 1.77. The van der Waals surface area contributed by atoms with Gasteiger partial charge in [0.05, 0.1) is 17.3 Å². The van der Waals surface area contributed by atoms with Crippen LogP contribution in [0, 0.1) is 6.92 Å². The zero-order valence-corrected chi connectivity index (χ0v) is 7.47. The van der Waals surface area contributed by atoms with Gasteiger partial charge in [-0.3, -0.25) is 4.68 Å². The molecule has 0 aromatic carbocycles. The Kier molecular flexibility index (Phi) is 2.52. The van der Waals surface area contributed by atoms with Gasteiger partial charge in [-0.05, 0) is 13.8 Å². The van der Waals surface area contributed by atoms with E-state index in [0.29, 0.717) is 11.6 Å². The van der Waals surface area contributed by atoms with Crippen molar-refractivity contribution in [1.29, 1.82) is 0 Å². The summed E-state index contributed by atoms with van der Waals surface area (Å²) >= 11 is 5.79. The Bertz CT molecular complexity index is 222. The Balaban J connectivity index is 2.73. The number of nitrogens with zero attached hydrogens (tertiary/aromatic N) is 2. The first-order valence-corrected chi connectivity index (χ1v) is 3.92. The van der Waals surface area contributed by atoms with Gasteiger partial charge in [-0.25, -0.2) is 0 Å². The highest BCUT2D eigenvalue weighted by Crippen LogP contribution is 2.11. The third kappa shape index (κ3) is 2.20. The monoisotopic (exact) mass is 173 g/mol. The van der Waals surface area contributed by atoms with Crippen LogP contribution < -0.4 is 5.73 Å². The molecule has 1 heterocycles. The van der Waals surface area contributed by atoms with Crippen LogP contribution in [-0.4, -0.2) is 15.8 Å². The first-order valence-electron chi connectivity index (χ1n) is 3.54. The van der Waals surface area contributed by atoms with E-state index in [1.165, 1.54) is 0 Å². The number of rotatable bonds is 2. The fraction of sp³-hybridized carbons (Fsp3) is 0.571. The minimum atomic E-state index is 0.116. The van der Waals surface area contributed by atoms with Crippen molar-refractivity contribution in [3.05, 3.63) is 16.9 Å². The van der Waals surface area contributed by atoms with E-state index in [0.717, 1.165) is 5.69 Å². The van der Waals surface area contributed by atoms with E-state index in [1.807, 2.05) is 13.8 Å². The lowest BCUT2D eigenvalue weighted by atomic mass is 10.4. The number of nitrogens with two attached hydrogens (primary N) is 1. The van der Waals surface area contributed by atoms with E-state index < -0.39 is 0 Å². The predicted molar refractivity (Wildman–Crippen MR) is 45.6 cm³/mol. The van der Waals surface area contributed by atoms with Gasteiger partial charge in [0.25, 0.3) is 0 Å². The lowest BCUT2D eigenvalue weighted by Crippen LogP contribution is -2.22. The molecule has 0 aliphatic carbocycles. The lowest BCUT2D eigenvalue weighted by molar-refractivity contribution is 0.536. The van der Waals surface area contributed by atoms with E-state index in [9.17, 15) is 0 Å². The fourth-order valence-electron chi connectivity index (χ4n) is 0.882. The zero-order valence-electron chi connectivity index (χ0n) is 6.71. The van der Waals surface area contributed by atoms with Crippen molar-refractivity contribution in [3.8, 4) is 0 Å². The Morgan fingerprint density at radius 3 is 2.82 bits per heavy atom. The number of aryl methyl sites for hydroxylation is 1. The molecule has 62 valence electrons. The standard InChI is InChI=1S/C7H12ClN3/c1-5(9)3-11-4-7(8)6(2)10-11/h4-5H,3,9H2,1-2H3. The minimum Gasteiger partial charge on any atom is -0.326 e. The SMILES string of the molecule is Cc1nn(CC(C)N)cc1Cl. The molecule has 0 spiro atoms. The van der Waals surface area contributed by atoms with Crippen molar-refractivity contribution in [1.82, 2.24) is 9.78 Å². The number of halogens is 1. The highest BCUT2D eigenvalue weighted by Gasteiger charge is 2.02. The van der Waals surface area contributed by atoms with Gasteiger partial charge in [-0.15, -0.1) is 0 Å². The summed E-state index contributed by atoms with van der Waals surface area (Å²) in [5, 5.41) is 4.85. The second kappa shape index (κ2) is 3.24. The van der Waals surface area contributed by atoms with Crippen molar-refractivity contribution in [3.63, 3.8) is 0 Å². The molecule has 1 aromatic heterocycles. The summed E-state index contributed by atoms with van der Waals surface area (Å²) in [6.45, 7) is 4.53. The Morgan fingerprint density at radius 1 is 1.82 bits per heavy atom. The Labute approximate surface area is 71.1 Å². The van der Waals surface area contributed by atoms with E-state index in [4.69, 9.17) is 17.3 Å². The molecular weight excluding hydrogens is 162 g/mol. The van der Waals surface area contributed by atoms with Gasteiger partial charge >= 0.3 is 0 Å². The molecule has 2 N–H and O–H groups in total. The highest BCUT2D eigenvalue weighted by molar-refractivity contribution is 6.31. The van der Waals surface area contributed by atoms with Crippen LogP contribution in [0.5, 0.6) is 0 Å². The maximum Gasteiger partial charge on any atom is 0.0814 e. The Morgan fingerprint density at radius 2 is 2.45 bits per heavy atom. The van der Waals surface area contributed by atoms with Gasteiger partial charge in [0, 0.05) is 12.2 Å². The van der Waals surface area contributed by atoms with E-state index in [1.54, 1.807) is 10.9 Å². The zero-order chi connectivity index (χ0) is 8.43. The normalized spacial score (nSPS) is 13.5. The topological polar surface area (TPSA) is 43.8 Å². The molecule has 0 saturated carbocycles. The predicted octanol–water partition coefficient (Wildman–Crippen LogP) is 1.19. The van der Waals surface area contributed by atoms with Crippen LogP contribution in [0.15, 0.2) is 6.20 Å². The molecule has 0 amide bonds. The van der Waals surface area contributed by atoms with Gasteiger partial charge in [0.2, 0.25) is 0 Å². The van der Waals surface area contributed by atoms with Gasteiger partial charge in [-0.1, -0.05) is 11.6 Å². The molecule has 11 heavy (non-hydrogen) atoms. The summed E-state index contributed by atoms with van der Waals surface area (Å²) in [6.07, 6.45) is 1.79. The second-order valence-corrected chi connectivity index (χ2v) is 3.17. The fourth-order valence-corrected chi connectivity index (χ4v) is 1.03. The van der Waals surface area contributed by atoms with E-state index >= 15 is 0 Å². The molecule has 1 unspecified atom stereocenters. The van der Waals surface area contributed by atoms with Gasteiger partial charge in [0.15, 0.2) is 0 Å². The molecule has 0 aliphatic rings. The molecule has 1 atom stereocenters. The highest BCUT2D eigenvalue weighted by atomic mass is 35.5. The second-order valence-electron chi connectivity index (χ2n) is 2.76. The third-order valence-corrected chi connectivity index (χ3v) is 1.73. The van der Waals surface area contributed by atoms with Crippen LogP contribution in [-0.2, 0) is 6.54 Å². The van der Waals surface area contributed by atoms with Crippen LogP contribution in [0.4, 0.5) is 0 Å². The minimum absolute atomic E-state index is 0.116. The van der Waals surface area contributed by atoms with Crippen molar-refractivity contribution >= 4 is 11.6 Å². The first kappa shape index (κ1) is 8.56. The molecule has 0 aliphatic heterocycles. The summed E-state index contributed by atoms with van der Waals surface area (Å²) in [5.74, 6) is 0. The molecule has 1 aromatic rings. The van der Waals surface area contributed by atoms with Gasteiger partial charge in [-0.2, -0.15) is 5.10 Å². The number of hydrogen-bond acceptors (Lipinski definition) is 2. The molecule has 1 rings (SSSR count). The molecular formula is C7H12ClN3. The van der Waals surface area contributed by atoms with Crippen LogP contribution >= 0.6 is 11.6 Å². The smallest absolute Gasteiger partial charge is 0.0814 e. The van der Waals surface area contributed by atoms with Crippen molar-refractivity contribution in [2.45, 2.75) is 26.4 Å². The molecule has 0 saturated heterocycles. The average Bonchev–Trinajstić information content (AvgIpc) is 2.10. The van der Waals surface area contributed by atoms with Gasteiger partial charge in [0.1, 0.15) is 0 Å². The Hall–Kier alpha value is -0.540. The quantitative estimate of drug-likeness (QED) is 0.730. The average molecular weight is 174 g/mol.